The van der Waals surface area contributed by atoms with E-state index in [0.29, 0.717) is 24.1 Å². The zero-order valence-electron chi connectivity index (χ0n) is 18.5. The second-order valence-corrected chi connectivity index (χ2v) is 9.39. The molecule has 2 bridgehead atoms. The van der Waals surface area contributed by atoms with Crippen molar-refractivity contribution in [1.29, 1.82) is 0 Å². The number of fused-ring (bicyclic) bond motifs is 4. The van der Waals surface area contributed by atoms with Crippen molar-refractivity contribution in [2.24, 2.45) is 5.92 Å². The first kappa shape index (κ1) is 20.9. The first-order valence-corrected chi connectivity index (χ1v) is 11.6. The molecule has 1 aromatic heterocycles. The lowest BCUT2D eigenvalue weighted by Crippen LogP contribution is -2.53. The van der Waals surface area contributed by atoms with Crippen molar-refractivity contribution in [3.8, 4) is 0 Å². The van der Waals surface area contributed by atoms with Crippen LogP contribution in [0.15, 0.2) is 47.3 Å². The number of benzene rings is 1. The average Bonchev–Trinajstić information content (AvgIpc) is 2.81. The number of piperidine rings is 2. The fraction of sp³-hybridized carbons (Fsp3) is 0.480. The molecule has 3 aliphatic rings. The highest BCUT2D eigenvalue weighted by atomic mass is 16.2. The van der Waals surface area contributed by atoms with Gasteiger partial charge in [0.25, 0.3) is 11.5 Å². The van der Waals surface area contributed by atoms with Crippen LogP contribution < -0.4 is 10.9 Å². The molecule has 3 aliphatic heterocycles. The molecule has 7 heteroatoms. The number of rotatable bonds is 3. The fourth-order valence-corrected chi connectivity index (χ4v) is 5.79. The topological polar surface area (TPSA) is 74.7 Å². The van der Waals surface area contributed by atoms with Crippen LogP contribution in [-0.2, 0) is 11.3 Å². The van der Waals surface area contributed by atoms with Crippen molar-refractivity contribution in [1.82, 2.24) is 14.4 Å². The number of hydrogen-bond donors (Lipinski definition) is 1. The van der Waals surface area contributed by atoms with Gasteiger partial charge in [0.2, 0.25) is 5.91 Å². The lowest BCUT2D eigenvalue weighted by Gasteiger charge is -2.47. The highest BCUT2D eigenvalue weighted by Crippen LogP contribution is 2.40. The molecule has 4 heterocycles. The zero-order chi connectivity index (χ0) is 22.2. The Kier molecular flexibility index (Phi) is 5.59. The Morgan fingerprint density at radius 1 is 0.969 bits per heavy atom. The maximum absolute atomic E-state index is 12.8. The monoisotopic (exact) mass is 434 g/mol. The molecule has 2 unspecified atom stereocenters. The Hall–Kier alpha value is -2.93. The van der Waals surface area contributed by atoms with Gasteiger partial charge in [-0.15, -0.1) is 0 Å². The molecule has 7 nitrogen and oxygen atoms in total. The number of amides is 2. The molecule has 2 atom stereocenters. The summed E-state index contributed by atoms with van der Waals surface area (Å²) < 4.78 is 1.88. The average molecular weight is 435 g/mol. The SMILES string of the molecule is CC(=O)N1CCC(N2CC3CC(C2)c2c(NC(=O)c4ccccc4)ccc(=O)n2C3)CC1. The molecule has 2 fully saturated rings. The Balaban J connectivity index is 1.38. The van der Waals surface area contributed by atoms with E-state index in [4.69, 9.17) is 0 Å². The van der Waals surface area contributed by atoms with Gasteiger partial charge in [-0.05, 0) is 43.4 Å². The maximum Gasteiger partial charge on any atom is 0.255 e. The Morgan fingerprint density at radius 3 is 2.44 bits per heavy atom. The normalized spacial score (nSPS) is 23.5. The van der Waals surface area contributed by atoms with Gasteiger partial charge in [0, 0.05) is 68.9 Å². The molecule has 0 saturated carbocycles. The van der Waals surface area contributed by atoms with Crippen LogP contribution in [0, 0.1) is 5.92 Å². The quantitative estimate of drug-likeness (QED) is 0.806. The molecule has 1 aromatic carbocycles. The minimum Gasteiger partial charge on any atom is -0.343 e. The Labute approximate surface area is 188 Å². The largest absolute Gasteiger partial charge is 0.343 e. The number of nitrogens with one attached hydrogen (secondary N) is 1. The highest BCUT2D eigenvalue weighted by Gasteiger charge is 2.39. The molecule has 0 spiro atoms. The van der Waals surface area contributed by atoms with E-state index in [1.165, 1.54) is 0 Å². The van der Waals surface area contributed by atoms with Crippen molar-refractivity contribution >= 4 is 17.5 Å². The predicted molar refractivity (Wildman–Crippen MR) is 123 cm³/mol. The molecular formula is C25H30N4O3. The molecule has 32 heavy (non-hydrogen) atoms. The van der Waals surface area contributed by atoms with Crippen LogP contribution in [0.25, 0.3) is 0 Å². The zero-order valence-corrected chi connectivity index (χ0v) is 18.5. The van der Waals surface area contributed by atoms with E-state index < -0.39 is 0 Å². The van der Waals surface area contributed by atoms with Crippen molar-refractivity contribution < 1.29 is 9.59 Å². The molecular weight excluding hydrogens is 404 g/mol. The van der Waals surface area contributed by atoms with Crippen molar-refractivity contribution in [2.45, 2.75) is 44.7 Å². The van der Waals surface area contributed by atoms with Crippen molar-refractivity contribution in [3.63, 3.8) is 0 Å². The van der Waals surface area contributed by atoms with E-state index >= 15 is 0 Å². The van der Waals surface area contributed by atoms with Gasteiger partial charge in [-0.25, -0.2) is 0 Å². The molecule has 2 aromatic rings. The number of nitrogens with zero attached hydrogens (tertiary/aromatic N) is 3. The van der Waals surface area contributed by atoms with Crippen LogP contribution in [0.4, 0.5) is 5.69 Å². The van der Waals surface area contributed by atoms with Crippen LogP contribution in [0.3, 0.4) is 0 Å². The summed E-state index contributed by atoms with van der Waals surface area (Å²) in [6.07, 6.45) is 3.04. The van der Waals surface area contributed by atoms with Gasteiger partial charge in [0.05, 0.1) is 5.69 Å². The highest BCUT2D eigenvalue weighted by molar-refractivity contribution is 6.04. The number of pyridine rings is 1. The maximum atomic E-state index is 12.8. The summed E-state index contributed by atoms with van der Waals surface area (Å²) in [4.78, 5) is 41.7. The molecule has 2 amide bonds. The smallest absolute Gasteiger partial charge is 0.255 e. The van der Waals surface area contributed by atoms with Crippen LogP contribution in [0.1, 0.15) is 48.2 Å². The van der Waals surface area contributed by atoms with Gasteiger partial charge in [-0.1, -0.05) is 18.2 Å². The van der Waals surface area contributed by atoms with Gasteiger partial charge in [0.1, 0.15) is 0 Å². The summed E-state index contributed by atoms with van der Waals surface area (Å²) in [7, 11) is 0. The number of carbonyl (C=O) groups excluding carboxylic acids is 2. The summed E-state index contributed by atoms with van der Waals surface area (Å²) >= 11 is 0. The molecule has 168 valence electrons. The van der Waals surface area contributed by atoms with Gasteiger partial charge in [0.15, 0.2) is 0 Å². The molecule has 0 radical (unpaired) electrons. The Bertz CT molecular complexity index is 1070. The van der Waals surface area contributed by atoms with E-state index in [0.717, 1.165) is 56.8 Å². The Morgan fingerprint density at radius 2 is 1.72 bits per heavy atom. The van der Waals surface area contributed by atoms with Gasteiger partial charge >= 0.3 is 0 Å². The first-order valence-electron chi connectivity index (χ1n) is 11.6. The minimum absolute atomic E-state index is 0.00984. The standard InChI is InChI=1S/C25H30N4O3/c1-17(30)27-11-9-21(10-12-27)28-14-18-13-20(16-28)24-22(7-8-23(31)29(24)15-18)26-25(32)19-5-3-2-4-6-19/h2-8,18,20-21H,9-16H2,1H3,(H,26,32). The number of anilines is 1. The molecule has 1 N–H and O–H groups in total. The van der Waals surface area contributed by atoms with E-state index in [1.807, 2.05) is 27.7 Å². The summed E-state index contributed by atoms with van der Waals surface area (Å²) in [5.74, 6) is 0.655. The first-order chi connectivity index (χ1) is 15.5. The van der Waals surface area contributed by atoms with E-state index in [-0.39, 0.29) is 23.3 Å². The van der Waals surface area contributed by atoms with Crippen molar-refractivity contribution in [2.75, 3.05) is 31.5 Å². The van der Waals surface area contributed by atoms with E-state index in [9.17, 15) is 14.4 Å². The summed E-state index contributed by atoms with van der Waals surface area (Å²) in [6, 6.07) is 13.0. The minimum atomic E-state index is -0.154. The third kappa shape index (κ3) is 3.97. The summed E-state index contributed by atoms with van der Waals surface area (Å²) in [5.41, 5.74) is 2.32. The van der Waals surface area contributed by atoms with Crippen LogP contribution in [0.2, 0.25) is 0 Å². The second kappa shape index (κ2) is 8.54. The van der Waals surface area contributed by atoms with E-state index in [2.05, 4.69) is 10.2 Å². The van der Waals surface area contributed by atoms with Gasteiger partial charge in [-0.2, -0.15) is 0 Å². The molecule has 5 rings (SSSR count). The number of likely N-dealkylation sites (tertiary alicyclic amines) is 2. The van der Waals surface area contributed by atoms with Crippen LogP contribution in [0.5, 0.6) is 0 Å². The van der Waals surface area contributed by atoms with Crippen LogP contribution in [-0.4, -0.2) is 58.4 Å². The third-order valence-corrected chi connectivity index (χ3v) is 7.33. The van der Waals surface area contributed by atoms with E-state index in [1.54, 1.807) is 31.2 Å². The van der Waals surface area contributed by atoms with Gasteiger partial charge in [-0.3, -0.25) is 19.3 Å². The third-order valence-electron chi connectivity index (χ3n) is 7.33. The number of aromatic nitrogens is 1. The number of hydrogen-bond acceptors (Lipinski definition) is 4. The number of carbonyl (C=O) groups is 2. The second-order valence-electron chi connectivity index (χ2n) is 9.39. The summed E-state index contributed by atoms with van der Waals surface area (Å²) in [6.45, 7) is 5.86. The predicted octanol–water partition coefficient (Wildman–Crippen LogP) is 2.53. The molecule has 2 saturated heterocycles. The lowest BCUT2D eigenvalue weighted by molar-refractivity contribution is -0.130. The molecule has 0 aliphatic carbocycles. The van der Waals surface area contributed by atoms with Crippen molar-refractivity contribution in [3.05, 3.63) is 64.1 Å². The van der Waals surface area contributed by atoms with Crippen LogP contribution >= 0.6 is 0 Å². The fourth-order valence-electron chi connectivity index (χ4n) is 5.79. The lowest BCUT2D eigenvalue weighted by atomic mass is 9.81. The summed E-state index contributed by atoms with van der Waals surface area (Å²) in [5, 5.41) is 3.07. The van der Waals surface area contributed by atoms with Gasteiger partial charge < -0.3 is 14.8 Å².